The standard InChI is InChI=1S/C25H35N5O2/c1-5-30-19(4)21(15-26-30)16-29-11-13-32-25(17-29)24-14-22(27-28-24)10-12-31-23-8-6-20(7-9-23)18(2)3/h6-9,14-15,18,25H,5,10-13,16-17H2,1-4H3,(H,27,28)/t25-/m1/s1. The van der Waals surface area contributed by atoms with E-state index in [1.807, 2.05) is 23.0 Å². The van der Waals surface area contributed by atoms with Crippen LogP contribution in [0.4, 0.5) is 0 Å². The largest absolute Gasteiger partial charge is 0.493 e. The summed E-state index contributed by atoms with van der Waals surface area (Å²) >= 11 is 0. The fraction of sp³-hybridized carbons (Fsp3) is 0.520. The van der Waals surface area contributed by atoms with Crippen LogP contribution in [0.15, 0.2) is 36.5 Å². The van der Waals surface area contributed by atoms with Gasteiger partial charge in [0.2, 0.25) is 0 Å². The van der Waals surface area contributed by atoms with Crippen LogP contribution in [-0.4, -0.2) is 51.2 Å². The van der Waals surface area contributed by atoms with Crippen molar-refractivity contribution in [2.45, 2.75) is 59.2 Å². The molecule has 1 aliphatic heterocycles. The third kappa shape index (κ3) is 5.40. The Labute approximate surface area is 190 Å². The molecule has 7 heteroatoms. The van der Waals surface area contributed by atoms with Crippen molar-refractivity contribution in [3.8, 4) is 5.75 Å². The summed E-state index contributed by atoms with van der Waals surface area (Å²) in [6.07, 6.45) is 2.76. The average Bonchev–Trinajstić information content (AvgIpc) is 3.41. The van der Waals surface area contributed by atoms with Gasteiger partial charge in [0.25, 0.3) is 0 Å². The van der Waals surface area contributed by atoms with E-state index in [9.17, 15) is 0 Å². The van der Waals surface area contributed by atoms with Gasteiger partial charge in [0.15, 0.2) is 0 Å². The summed E-state index contributed by atoms with van der Waals surface area (Å²) in [5.74, 6) is 1.44. The van der Waals surface area contributed by atoms with Gasteiger partial charge in [0, 0.05) is 49.6 Å². The highest BCUT2D eigenvalue weighted by Crippen LogP contribution is 2.23. The minimum Gasteiger partial charge on any atom is -0.493 e. The topological polar surface area (TPSA) is 68.2 Å². The Morgan fingerprint density at radius 2 is 2.06 bits per heavy atom. The first kappa shape index (κ1) is 22.6. The molecule has 0 bridgehead atoms. The molecule has 3 heterocycles. The predicted octanol–water partition coefficient (Wildman–Crippen LogP) is 4.25. The first-order valence-electron chi connectivity index (χ1n) is 11.7. The van der Waals surface area contributed by atoms with Gasteiger partial charge in [-0.15, -0.1) is 0 Å². The molecule has 7 nitrogen and oxygen atoms in total. The van der Waals surface area contributed by atoms with Crippen molar-refractivity contribution in [3.05, 3.63) is 64.7 Å². The van der Waals surface area contributed by atoms with Gasteiger partial charge >= 0.3 is 0 Å². The average molecular weight is 438 g/mol. The van der Waals surface area contributed by atoms with Crippen molar-refractivity contribution in [2.24, 2.45) is 0 Å². The molecule has 172 valence electrons. The molecule has 3 aromatic rings. The molecule has 0 unspecified atom stereocenters. The summed E-state index contributed by atoms with van der Waals surface area (Å²) in [5.41, 5.74) is 5.89. The normalized spacial score (nSPS) is 17.2. The maximum Gasteiger partial charge on any atom is 0.119 e. The van der Waals surface area contributed by atoms with Crippen LogP contribution in [0.2, 0.25) is 0 Å². The van der Waals surface area contributed by atoms with Gasteiger partial charge in [-0.1, -0.05) is 26.0 Å². The van der Waals surface area contributed by atoms with Crippen molar-refractivity contribution >= 4 is 0 Å². The summed E-state index contributed by atoms with van der Waals surface area (Å²) in [6, 6.07) is 10.5. The van der Waals surface area contributed by atoms with E-state index in [2.05, 4.69) is 66.1 Å². The zero-order chi connectivity index (χ0) is 22.5. The molecule has 0 saturated carbocycles. The maximum absolute atomic E-state index is 6.03. The zero-order valence-electron chi connectivity index (χ0n) is 19.7. The lowest BCUT2D eigenvalue weighted by molar-refractivity contribution is -0.0350. The van der Waals surface area contributed by atoms with Crippen LogP contribution in [0.3, 0.4) is 0 Å². The molecule has 0 radical (unpaired) electrons. The summed E-state index contributed by atoms with van der Waals surface area (Å²) in [4.78, 5) is 2.43. The fourth-order valence-electron chi connectivity index (χ4n) is 4.13. The molecule has 0 spiro atoms. The van der Waals surface area contributed by atoms with Gasteiger partial charge < -0.3 is 9.47 Å². The van der Waals surface area contributed by atoms with Gasteiger partial charge in [0.05, 0.1) is 25.1 Å². The third-order valence-corrected chi connectivity index (χ3v) is 6.22. The number of aromatic amines is 1. The molecule has 1 N–H and O–H groups in total. The fourth-order valence-corrected chi connectivity index (χ4v) is 4.13. The van der Waals surface area contributed by atoms with E-state index in [4.69, 9.17) is 9.47 Å². The highest BCUT2D eigenvalue weighted by Gasteiger charge is 2.25. The molecule has 1 atom stereocenters. The van der Waals surface area contributed by atoms with Crippen LogP contribution in [0.1, 0.15) is 61.0 Å². The molecule has 0 aliphatic carbocycles. The predicted molar refractivity (Wildman–Crippen MR) is 125 cm³/mol. The minimum absolute atomic E-state index is 0.0141. The molecule has 1 aliphatic rings. The van der Waals surface area contributed by atoms with Crippen LogP contribution < -0.4 is 4.74 Å². The third-order valence-electron chi connectivity index (χ3n) is 6.22. The van der Waals surface area contributed by atoms with E-state index < -0.39 is 0 Å². The SMILES string of the molecule is CCn1ncc(CN2CCO[C@@H](c3cc(CCOc4ccc(C(C)C)cc4)[nH]n3)C2)c1C. The van der Waals surface area contributed by atoms with E-state index in [1.165, 1.54) is 16.8 Å². The summed E-state index contributed by atoms with van der Waals surface area (Å²) in [7, 11) is 0. The number of benzene rings is 1. The Bertz CT molecular complexity index is 992. The van der Waals surface area contributed by atoms with Crippen molar-refractivity contribution in [2.75, 3.05) is 26.3 Å². The molecule has 1 fully saturated rings. The van der Waals surface area contributed by atoms with Crippen LogP contribution in [0.5, 0.6) is 5.75 Å². The minimum atomic E-state index is -0.0141. The van der Waals surface area contributed by atoms with E-state index >= 15 is 0 Å². The number of hydrogen-bond acceptors (Lipinski definition) is 5. The molecule has 0 amide bonds. The number of nitrogens with zero attached hydrogens (tertiary/aromatic N) is 4. The molecular weight excluding hydrogens is 402 g/mol. The van der Waals surface area contributed by atoms with Gasteiger partial charge in [-0.25, -0.2) is 0 Å². The second kappa shape index (κ2) is 10.3. The molecule has 1 saturated heterocycles. The van der Waals surface area contributed by atoms with Gasteiger partial charge in [-0.05, 0) is 43.5 Å². The highest BCUT2D eigenvalue weighted by atomic mass is 16.5. The lowest BCUT2D eigenvalue weighted by Crippen LogP contribution is -2.38. The Morgan fingerprint density at radius 1 is 1.25 bits per heavy atom. The lowest BCUT2D eigenvalue weighted by Gasteiger charge is -2.32. The molecule has 32 heavy (non-hydrogen) atoms. The van der Waals surface area contributed by atoms with E-state index in [0.717, 1.165) is 49.7 Å². The zero-order valence-corrected chi connectivity index (χ0v) is 19.7. The molecule has 4 rings (SSSR count). The molecule has 2 aromatic heterocycles. The number of morpholine rings is 1. The van der Waals surface area contributed by atoms with E-state index in [0.29, 0.717) is 19.1 Å². The number of nitrogens with one attached hydrogen (secondary N) is 1. The number of aromatic nitrogens is 4. The summed E-state index contributed by atoms with van der Waals surface area (Å²) in [5, 5.41) is 12.2. The van der Waals surface area contributed by atoms with Crippen LogP contribution >= 0.6 is 0 Å². The van der Waals surface area contributed by atoms with Crippen LogP contribution in [-0.2, 0) is 24.2 Å². The number of ether oxygens (including phenoxy) is 2. The number of aryl methyl sites for hydroxylation is 1. The maximum atomic E-state index is 6.03. The first-order valence-corrected chi connectivity index (χ1v) is 11.7. The highest BCUT2D eigenvalue weighted by molar-refractivity contribution is 5.29. The monoisotopic (exact) mass is 437 g/mol. The van der Waals surface area contributed by atoms with Crippen molar-refractivity contribution in [3.63, 3.8) is 0 Å². The van der Waals surface area contributed by atoms with E-state index in [-0.39, 0.29) is 6.10 Å². The van der Waals surface area contributed by atoms with Crippen LogP contribution in [0.25, 0.3) is 0 Å². The summed E-state index contributed by atoms with van der Waals surface area (Å²) < 4.78 is 14.0. The smallest absolute Gasteiger partial charge is 0.119 e. The first-order chi connectivity index (χ1) is 15.5. The van der Waals surface area contributed by atoms with Crippen molar-refractivity contribution < 1.29 is 9.47 Å². The van der Waals surface area contributed by atoms with Crippen LogP contribution in [0, 0.1) is 6.92 Å². The quantitative estimate of drug-likeness (QED) is 0.542. The van der Waals surface area contributed by atoms with E-state index in [1.54, 1.807) is 0 Å². The van der Waals surface area contributed by atoms with Gasteiger partial charge in [-0.3, -0.25) is 14.7 Å². The Balaban J connectivity index is 1.28. The second-order valence-electron chi connectivity index (χ2n) is 8.81. The van der Waals surface area contributed by atoms with Crippen molar-refractivity contribution in [1.29, 1.82) is 0 Å². The molecule has 1 aromatic carbocycles. The Kier molecular flexibility index (Phi) is 7.27. The van der Waals surface area contributed by atoms with Gasteiger partial charge in [-0.2, -0.15) is 10.2 Å². The van der Waals surface area contributed by atoms with Gasteiger partial charge in [0.1, 0.15) is 11.9 Å². The Hall–Kier alpha value is -2.64. The number of H-pyrrole nitrogens is 1. The Morgan fingerprint density at radius 3 is 2.78 bits per heavy atom. The van der Waals surface area contributed by atoms with Crippen molar-refractivity contribution in [1.82, 2.24) is 24.9 Å². The number of hydrogen-bond donors (Lipinski definition) is 1. The molecular formula is C25H35N5O2. The number of rotatable bonds is 9. The second-order valence-corrected chi connectivity index (χ2v) is 8.81. The lowest BCUT2D eigenvalue weighted by atomic mass is 10.0. The summed E-state index contributed by atoms with van der Waals surface area (Å²) in [6.45, 7) is 13.5.